The quantitative estimate of drug-likeness (QED) is 0.574. The third-order valence-electron chi connectivity index (χ3n) is 4.51. The van der Waals surface area contributed by atoms with Gasteiger partial charge in [0.2, 0.25) is 0 Å². The number of hydrogen-bond donors (Lipinski definition) is 1. The molecule has 0 fully saturated rings. The lowest BCUT2D eigenvalue weighted by atomic mass is 10.1. The van der Waals surface area contributed by atoms with Gasteiger partial charge in [0.25, 0.3) is 0 Å². The largest absolute Gasteiger partial charge is 0.355 e. The van der Waals surface area contributed by atoms with E-state index in [-0.39, 0.29) is 0 Å². The smallest absolute Gasteiger partial charge is 0.140 e. The predicted octanol–water partition coefficient (Wildman–Crippen LogP) is 2.95. The molecule has 4 aromatic rings. The molecule has 0 atom stereocenters. The molecule has 136 valence electrons. The van der Waals surface area contributed by atoms with Crippen molar-refractivity contribution >= 4 is 16.7 Å². The van der Waals surface area contributed by atoms with Crippen molar-refractivity contribution in [2.24, 2.45) is 5.73 Å². The zero-order valence-corrected chi connectivity index (χ0v) is 15.3. The van der Waals surface area contributed by atoms with E-state index in [1.807, 2.05) is 47.3 Å². The summed E-state index contributed by atoms with van der Waals surface area (Å²) >= 11 is 0. The van der Waals surface area contributed by atoms with Gasteiger partial charge in [0.1, 0.15) is 11.6 Å². The van der Waals surface area contributed by atoms with E-state index < -0.39 is 0 Å². The molecule has 27 heavy (non-hydrogen) atoms. The minimum Gasteiger partial charge on any atom is -0.355 e. The van der Waals surface area contributed by atoms with E-state index in [1.165, 1.54) is 5.56 Å². The van der Waals surface area contributed by atoms with Crippen molar-refractivity contribution in [2.45, 2.75) is 13.0 Å². The molecule has 0 amide bonds. The summed E-state index contributed by atoms with van der Waals surface area (Å²) < 4.78 is 1.89. The molecule has 2 aromatic heterocycles. The maximum Gasteiger partial charge on any atom is 0.140 e. The molecule has 0 aliphatic rings. The fourth-order valence-electron chi connectivity index (χ4n) is 3.25. The number of benzene rings is 2. The van der Waals surface area contributed by atoms with Gasteiger partial charge >= 0.3 is 0 Å². The first kappa shape index (κ1) is 17.2. The highest BCUT2D eigenvalue weighted by atomic mass is 15.3. The number of aromatic nitrogens is 4. The number of nitrogens with zero attached hydrogens (tertiary/aromatic N) is 5. The Labute approximate surface area is 158 Å². The SMILES string of the molecule is CN(Cc1ccccc1-n1cccn1)c1nc(CCN)nc2ccccc12. The van der Waals surface area contributed by atoms with E-state index in [9.17, 15) is 0 Å². The number of anilines is 1. The van der Waals surface area contributed by atoms with Crippen LogP contribution >= 0.6 is 0 Å². The Bertz CT molecular complexity index is 1040. The Morgan fingerprint density at radius 2 is 1.81 bits per heavy atom. The van der Waals surface area contributed by atoms with Crippen molar-refractivity contribution in [3.8, 4) is 5.69 Å². The lowest BCUT2D eigenvalue weighted by molar-refractivity contribution is 0.822. The Kier molecular flexibility index (Phi) is 4.80. The van der Waals surface area contributed by atoms with Crippen LogP contribution in [-0.4, -0.2) is 33.3 Å². The molecule has 0 radical (unpaired) electrons. The molecule has 2 N–H and O–H groups in total. The first-order valence-electron chi connectivity index (χ1n) is 9.01. The molecule has 2 aromatic carbocycles. The van der Waals surface area contributed by atoms with Gasteiger partial charge in [0.15, 0.2) is 0 Å². The first-order chi connectivity index (χ1) is 13.3. The van der Waals surface area contributed by atoms with E-state index in [1.54, 1.807) is 6.20 Å². The third kappa shape index (κ3) is 3.52. The molecule has 0 aliphatic carbocycles. The minimum absolute atomic E-state index is 0.531. The second kappa shape index (κ2) is 7.55. The van der Waals surface area contributed by atoms with Gasteiger partial charge in [-0.25, -0.2) is 14.6 Å². The minimum atomic E-state index is 0.531. The maximum absolute atomic E-state index is 5.73. The maximum atomic E-state index is 5.73. The molecule has 0 bridgehead atoms. The summed E-state index contributed by atoms with van der Waals surface area (Å²) in [6.07, 6.45) is 4.41. The van der Waals surface area contributed by atoms with Crippen LogP contribution in [0.3, 0.4) is 0 Å². The average Bonchev–Trinajstić information content (AvgIpc) is 3.22. The molecule has 4 rings (SSSR count). The lowest BCUT2D eigenvalue weighted by Gasteiger charge is -2.22. The summed E-state index contributed by atoms with van der Waals surface area (Å²) in [5, 5.41) is 5.41. The highest BCUT2D eigenvalue weighted by Gasteiger charge is 2.14. The molecule has 0 unspecified atom stereocenters. The van der Waals surface area contributed by atoms with Gasteiger partial charge in [-0.2, -0.15) is 5.10 Å². The van der Waals surface area contributed by atoms with Crippen LogP contribution in [0, 0.1) is 0 Å². The highest BCUT2D eigenvalue weighted by molar-refractivity contribution is 5.89. The normalized spacial score (nSPS) is 11.0. The van der Waals surface area contributed by atoms with Crippen LogP contribution < -0.4 is 10.6 Å². The highest BCUT2D eigenvalue weighted by Crippen LogP contribution is 2.25. The summed E-state index contributed by atoms with van der Waals surface area (Å²) in [6, 6.07) is 18.3. The van der Waals surface area contributed by atoms with E-state index in [2.05, 4.69) is 40.2 Å². The zero-order chi connectivity index (χ0) is 18.6. The zero-order valence-electron chi connectivity index (χ0n) is 15.3. The van der Waals surface area contributed by atoms with Gasteiger partial charge in [-0.3, -0.25) is 0 Å². The Balaban J connectivity index is 1.73. The van der Waals surface area contributed by atoms with Crippen LogP contribution in [0.5, 0.6) is 0 Å². The van der Waals surface area contributed by atoms with E-state index in [0.29, 0.717) is 19.5 Å². The monoisotopic (exact) mass is 358 g/mol. The fraction of sp³-hybridized carbons (Fsp3) is 0.190. The second-order valence-electron chi connectivity index (χ2n) is 6.45. The topological polar surface area (TPSA) is 72.9 Å². The predicted molar refractivity (Wildman–Crippen MR) is 108 cm³/mol. The van der Waals surface area contributed by atoms with Crippen molar-refractivity contribution in [1.29, 1.82) is 0 Å². The summed E-state index contributed by atoms with van der Waals surface area (Å²) in [5.41, 5.74) is 8.91. The molecule has 2 heterocycles. The molecule has 0 saturated carbocycles. The van der Waals surface area contributed by atoms with Crippen LogP contribution in [0.2, 0.25) is 0 Å². The number of hydrogen-bond acceptors (Lipinski definition) is 5. The van der Waals surface area contributed by atoms with Crippen LogP contribution in [0.25, 0.3) is 16.6 Å². The standard InChI is InChI=1S/C21H22N6/c1-26(15-16-7-2-5-10-19(16)27-14-6-13-23-27)21-17-8-3-4-9-18(17)24-20(25-21)11-12-22/h2-10,13-14H,11-12,15,22H2,1H3. The van der Waals surface area contributed by atoms with Crippen LogP contribution in [0.15, 0.2) is 67.0 Å². The van der Waals surface area contributed by atoms with E-state index in [0.717, 1.165) is 28.2 Å². The summed E-state index contributed by atoms with van der Waals surface area (Å²) in [6.45, 7) is 1.24. The molecule has 0 spiro atoms. The van der Waals surface area contributed by atoms with Crippen molar-refractivity contribution in [1.82, 2.24) is 19.7 Å². The van der Waals surface area contributed by atoms with Crippen molar-refractivity contribution in [3.05, 3.63) is 78.4 Å². The van der Waals surface area contributed by atoms with Gasteiger partial charge < -0.3 is 10.6 Å². The molecular weight excluding hydrogens is 336 g/mol. The van der Waals surface area contributed by atoms with E-state index in [4.69, 9.17) is 10.7 Å². The number of para-hydroxylation sites is 2. The Morgan fingerprint density at radius 1 is 1.00 bits per heavy atom. The Morgan fingerprint density at radius 3 is 2.63 bits per heavy atom. The van der Waals surface area contributed by atoms with Gasteiger partial charge in [-0.05, 0) is 36.4 Å². The van der Waals surface area contributed by atoms with Gasteiger partial charge in [0.05, 0.1) is 11.2 Å². The summed E-state index contributed by atoms with van der Waals surface area (Å²) in [4.78, 5) is 11.6. The van der Waals surface area contributed by atoms with Crippen molar-refractivity contribution in [2.75, 3.05) is 18.5 Å². The number of nitrogens with two attached hydrogens (primary N) is 1. The van der Waals surface area contributed by atoms with Crippen molar-refractivity contribution < 1.29 is 0 Å². The second-order valence-corrected chi connectivity index (χ2v) is 6.45. The van der Waals surface area contributed by atoms with Gasteiger partial charge in [-0.15, -0.1) is 0 Å². The van der Waals surface area contributed by atoms with Crippen LogP contribution in [0.1, 0.15) is 11.4 Å². The number of fused-ring (bicyclic) bond motifs is 1. The summed E-state index contributed by atoms with van der Waals surface area (Å²) in [5.74, 6) is 1.69. The lowest BCUT2D eigenvalue weighted by Crippen LogP contribution is -2.21. The molecular formula is C21H22N6. The molecule has 6 heteroatoms. The van der Waals surface area contributed by atoms with E-state index >= 15 is 0 Å². The molecule has 0 aliphatic heterocycles. The fourth-order valence-corrected chi connectivity index (χ4v) is 3.25. The first-order valence-corrected chi connectivity index (χ1v) is 9.01. The average molecular weight is 358 g/mol. The van der Waals surface area contributed by atoms with Crippen LogP contribution in [0.4, 0.5) is 5.82 Å². The number of rotatable bonds is 6. The third-order valence-corrected chi connectivity index (χ3v) is 4.51. The molecule has 0 saturated heterocycles. The summed E-state index contributed by atoms with van der Waals surface area (Å²) in [7, 11) is 2.06. The van der Waals surface area contributed by atoms with Gasteiger partial charge in [0, 0.05) is 37.8 Å². The molecule has 6 nitrogen and oxygen atoms in total. The Hall–Kier alpha value is -3.25. The van der Waals surface area contributed by atoms with Gasteiger partial charge in [-0.1, -0.05) is 30.3 Å². The van der Waals surface area contributed by atoms with Crippen molar-refractivity contribution in [3.63, 3.8) is 0 Å². The van der Waals surface area contributed by atoms with Crippen LogP contribution in [-0.2, 0) is 13.0 Å².